The lowest BCUT2D eigenvalue weighted by atomic mass is 10.1. The van der Waals surface area contributed by atoms with E-state index in [-0.39, 0.29) is 11.6 Å². The highest BCUT2D eigenvalue weighted by Crippen LogP contribution is 2.22. The van der Waals surface area contributed by atoms with Crippen LogP contribution in [0.1, 0.15) is 23.3 Å². The molecule has 2 aromatic heterocycles. The quantitative estimate of drug-likeness (QED) is 0.782. The molecule has 1 saturated heterocycles. The maximum Gasteiger partial charge on any atom is 0.275 e. The Morgan fingerprint density at radius 2 is 1.77 bits per heavy atom. The minimum atomic E-state index is -0.291. The van der Waals surface area contributed by atoms with Crippen LogP contribution in [0.5, 0.6) is 0 Å². The summed E-state index contributed by atoms with van der Waals surface area (Å²) in [5.41, 5.74) is 2.72. The lowest BCUT2D eigenvalue weighted by Gasteiger charge is -2.15. The Labute approximate surface area is 151 Å². The maximum absolute atomic E-state index is 12.1. The smallest absolute Gasteiger partial charge is 0.275 e. The Balaban J connectivity index is 1.45. The van der Waals surface area contributed by atoms with Crippen molar-refractivity contribution in [1.29, 1.82) is 0 Å². The van der Waals surface area contributed by atoms with Gasteiger partial charge in [0.25, 0.3) is 5.91 Å². The van der Waals surface area contributed by atoms with Crippen molar-refractivity contribution < 1.29 is 4.79 Å². The van der Waals surface area contributed by atoms with Crippen molar-refractivity contribution in [3.05, 3.63) is 60.7 Å². The van der Waals surface area contributed by atoms with E-state index in [9.17, 15) is 4.79 Å². The zero-order valence-electron chi connectivity index (χ0n) is 14.2. The van der Waals surface area contributed by atoms with Crippen molar-refractivity contribution in [3.63, 3.8) is 0 Å². The molecule has 0 unspecified atom stereocenters. The number of aromatic nitrogens is 4. The molecule has 0 atom stereocenters. The Kier molecular flexibility index (Phi) is 4.51. The normalized spacial score (nSPS) is 13.6. The summed E-state index contributed by atoms with van der Waals surface area (Å²) in [7, 11) is 0. The van der Waals surface area contributed by atoms with Gasteiger partial charge in [-0.3, -0.25) is 9.78 Å². The molecule has 130 valence electrons. The number of rotatable bonds is 4. The number of amides is 1. The van der Waals surface area contributed by atoms with Gasteiger partial charge in [-0.25, -0.2) is 4.98 Å². The van der Waals surface area contributed by atoms with Crippen molar-refractivity contribution in [2.75, 3.05) is 23.3 Å². The number of carbonyl (C=O) groups is 1. The summed E-state index contributed by atoms with van der Waals surface area (Å²) in [6, 6.07) is 11.5. The summed E-state index contributed by atoms with van der Waals surface area (Å²) in [6.45, 7) is 2.10. The van der Waals surface area contributed by atoms with Crippen molar-refractivity contribution in [3.8, 4) is 11.3 Å². The molecule has 1 aliphatic heterocycles. The van der Waals surface area contributed by atoms with Gasteiger partial charge in [0.2, 0.25) is 0 Å². The van der Waals surface area contributed by atoms with Crippen LogP contribution in [-0.2, 0) is 0 Å². The van der Waals surface area contributed by atoms with E-state index in [4.69, 9.17) is 0 Å². The number of anilines is 2. The molecule has 3 aromatic rings. The van der Waals surface area contributed by atoms with Gasteiger partial charge in [0.1, 0.15) is 5.69 Å². The van der Waals surface area contributed by atoms with E-state index in [0.29, 0.717) is 5.69 Å². The van der Waals surface area contributed by atoms with Gasteiger partial charge in [-0.1, -0.05) is 12.1 Å². The molecule has 26 heavy (non-hydrogen) atoms. The number of nitrogens with one attached hydrogen (secondary N) is 1. The number of benzene rings is 1. The van der Waals surface area contributed by atoms with E-state index in [1.807, 2.05) is 36.4 Å². The molecular weight excluding hydrogens is 328 g/mol. The molecule has 7 heteroatoms. The van der Waals surface area contributed by atoms with Gasteiger partial charge in [-0.2, -0.15) is 0 Å². The maximum atomic E-state index is 12.1. The minimum absolute atomic E-state index is 0.278. The first-order chi connectivity index (χ1) is 12.8. The Morgan fingerprint density at radius 1 is 0.962 bits per heavy atom. The fourth-order valence-electron chi connectivity index (χ4n) is 2.93. The molecule has 4 rings (SSSR count). The lowest BCUT2D eigenvalue weighted by Crippen LogP contribution is -2.19. The number of carbonyl (C=O) groups excluding carboxylic acids is 1. The zero-order chi connectivity index (χ0) is 17.8. The fraction of sp³-hybridized carbons (Fsp3) is 0.211. The van der Waals surface area contributed by atoms with Crippen molar-refractivity contribution in [2.24, 2.45) is 0 Å². The second-order valence-electron chi connectivity index (χ2n) is 6.09. The van der Waals surface area contributed by atoms with E-state index in [0.717, 1.165) is 30.2 Å². The van der Waals surface area contributed by atoms with Crippen LogP contribution in [0.25, 0.3) is 11.3 Å². The lowest BCUT2D eigenvalue weighted by molar-refractivity contribution is 0.102. The Hall–Kier alpha value is -3.35. The molecule has 0 aliphatic carbocycles. The molecule has 1 aromatic carbocycles. The highest BCUT2D eigenvalue weighted by Gasteiger charge is 2.14. The van der Waals surface area contributed by atoms with Crippen molar-refractivity contribution in [1.82, 2.24) is 20.2 Å². The van der Waals surface area contributed by atoms with Gasteiger partial charge in [0, 0.05) is 36.7 Å². The SMILES string of the molecule is O=C(Nc1ccc(-c2ccc(N3CCCC3)nn2)cc1)c1cnccn1. The number of nitrogens with zero attached hydrogens (tertiary/aromatic N) is 5. The average Bonchev–Trinajstić information content (AvgIpc) is 3.24. The third-order valence-electron chi connectivity index (χ3n) is 4.31. The zero-order valence-corrected chi connectivity index (χ0v) is 14.2. The first-order valence-electron chi connectivity index (χ1n) is 8.56. The second kappa shape index (κ2) is 7.26. The summed E-state index contributed by atoms with van der Waals surface area (Å²) < 4.78 is 0. The molecule has 0 saturated carbocycles. The monoisotopic (exact) mass is 346 g/mol. The molecule has 0 spiro atoms. The van der Waals surface area contributed by atoms with Crippen LogP contribution in [0.3, 0.4) is 0 Å². The molecule has 1 aliphatic rings. The summed E-state index contributed by atoms with van der Waals surface area (Å²) >= 11 is 0. The van der Waals surface area contributed by atoms with Gasteiger partial charge in [0.15, 0.2) is 5.82 Å². The van der Waals surface area contributed by atoms with Crippen molar-refractivity contribution in [2.45, 2.75) is 12.8 Å². The summed E-state index contributed by atoms with van der Waals surface area (Å²) in [6.07, 6.45) is 6.88. The number of hydrogen-bond acceptors (Lipinski definition) is 6. The predicted octanol–water partition coefficient (Wildman–Crippen LogP) is 2.79. The van der Waals surface area contributed by atoms with Crippen molar-refractivity contribution >= 4 is 17.4 Å². The molecule has 0 radical (unpaired) electrons. The van der Waals surface area contributed by atoms with E-state index < -0.39 is 0 Å². The van der Waals surface area contributed by atoms with Crippen LogP contribution < -0.4 is 10.2 Å². The van der Waals surface area contributed by atoms with E-state index in [1.54, 1.807) is 0 Å². The molecule has 7 nitrogen and oxygen atoms in total. The van der Waals surface area contributed by atoms with Crippen LogP contribution in [-0.4, -0.2) is 39.2 Å². The van der Waals surface area contributed by atoms with Gasteiger partial charge < -0.3 is 10.2 Å². The summed E-state index contributed by atoms with van der Waals surface area (Å²) in [4.78, 5) is 22.2. The van der Waals surface area contributed by atoms with Gasteiger partial charge in [0.05, 0.1) is 11.9 Å². The van der Waals surface area contributed by atoms with E-state index >= 15 is 0 Å². The minimum Gasteiger partial charge on any atom is -0.355 e. The van der Waals surface area contributed by atoms with Crippen LogP contribution >= 0.6 is 0 Å². The topological polar surface area (TPSA) is 83.9 Å². The van der Waals surface area contributed by atoms with Crippen LogP contribution in [0, 0.1) is 0 Å². The molecule has 1 amide bonds. The Bertz CT molecular complexity index is 874. The second-order valence-corrected chi connectivity index (χ2v) is 6.09. The van der Waals surface area contributed by atoms with E-state index in [1.165, 1.54) is 31.4 Å². The summed E-state index contributed by atoms with van der Waals surface area (Å²) in [5.74, 6) is 0.639. The fourth-order valence-corrected chi connectivity index (χ4v) is 2.93. The largest absolute Gasteiger partial charge is 0.355 e. The van der Waals surface area contributed by atoms with Gasteiger partial charge in [-0.05, 0) is 37.1 Å². The van der Waals surface area contributed by atoms with Crippen LogP contribution in [0.4, 0.5) is 11.5 Å². The molecule has 0 bridgehead atoms. The standard InChI is InChI=1S/C19H18N6O/c26-19(17-13-20-9-10-21-17)22-15-5-3-14(4-6-15)16-7-8-18(24-23-16)25-11-1-2-12-25/h3-10,13H,1-2,11-12H2,(H,22,26). The van der Waals surface area contributed by atoms with Gasteiger partial charge in [-0.15, -0.1) is 10.2 Å². The highest BCUT2D eigenvalue weighted by molar-refractivity contribution is 6.02. The first-order valence-corrected chi connectivity index (χ1v) is 8.56. The van der Waals surface area contributed by atoms with Gasteiger partial charge >= 0.3 is 0 Å². The van der Waals surface area contributed by atoms with E-state index in [2.05, 4.69) is 30.4 Å². The molecular formula is C19H18N6O. The summed E-state index contributed by atoms with van der Waals surface area (Å²) in [5, 5.41) is 11.5. The Morgan fingerprint density at radius 3 is 2.42 bits per heavy atom. The highest BCUT2D eigenvalue weighted by atomic mass is 16.1. The van der Waals surface area contributed by atoms with Crippen LogP contribution in [0.15, 0.2) is 55.0 Å². The average molecular weight is 346 g/mol. The molecule has 3 heterocycles. The molecule has 1 fully saturated rings. The predicted molar refractivity (Wildman–Crippen MR) is 98.9 cm³/mol. The third kappa shape index (κ3) is 3.51. The first kappa shape index (κ1) is 16.1. The number of hydrogen-bond donors (Lipinski definition) is 1. The van der Waals surface area contributed by atoms with Crippen LogP contribution in [0.2, 0.25) is 0 Å². The molecule has 1 N–H and O–H groups in total. The third-order valence-corrected chi connectivity index (χ3v) is 4.31.